The van der Waals surface area contributed by atoms with E-state index < -0.39 is 0 Å². The number of carbonyl (C=O) groups excluding carboxylic acids is 1. The van der Waals surface area contributed by atoms with E-state index in [0.29, 0.717) is 30.3 Å². The van der Waals surface area contributed by atoms with Crippen LogP contribution in [0.1, 0.15) is 12.5 Å². The molecule has 0 spiro atoms. The second-order valence-electron chi connectivity index (χ2n) is 4.61. The topological polar surface area (TPSA) is 82.2 Å². The van der Waals surface area contributed by atoms with E-state index in [0.717, 1.165) is 12.2 Å². The Hall–Kier alpha value is -2.06. The van der Waals surface area contributed by atoms with Gasteiger partial charge in [0.2, 0.25) is 5.91 Å². The van der Waals surface area contributed by atoms with Gasteiger partial charge in [0.05, 0.1) is 29.6 Å². The van der Waals surface area contributed by atoms with Crippen LogP contribution >= 0.6 is 0 Å². The molecular formula is C13H16N4O. The molecule has 0 saturated heterocycles. The summed E-state index contributed by atoms with van der Waals surface area (Å²) in [5.74, 6) is 0.265. The predicted molar refractivity (Wildman–Crippen MR) is 70.2 cm³/mol. The summed E-state index contributed by atoms with van der Waals surface area (Å²) in [4.78, 5) is 13.6. The molecule has 1 atom stereocenters. The number of amides is 1. The third-order valence-corrected chi connectivity index (χ3v) is 3.01. The van der Waals surface area contributed by atoms with Crippen LogP contribution in [0.2, 0.25) is 0 Å². The summed E-state index contributed by atoms with van der Waals surface area (Å²) in [5, 5.41) is 11.7. The molecule has 0 radical (unpaired) electrons. The van der Waals surface area contributed by atoms with Gasteiger partial charge in [-0.2, -0.15) is 5.26 Å². The van der Waals surface area contributed by atoms with E-state index in [4.69, 9.17) is 11.0 Å². The molecule has 3 N–H and O–H groups in total. The van der Waals surface area contributed by atoms with Crippen LogP contribution in [0.3, 0.4) is 0 Å². The fourth-order valence-electron chi connectivity index (χ4n) is 2.04. The lowest BCUT2D eigenvalue weighted by atomic mass is 10.1. The van der Waals surface area contributed by atoms with Crippen LogP contribution in [-0.4, -0.2) is 25.5 Å². The van der Waals surface area contributed by atoms with Crippen molar-refractivity contribution in [3.05, 3.63) is 23.8 Å². The first kappa shape index (κ1) is 12.4. The summed E-state index contributed by atoms with van der Waals surface area (Å²) in [7, 11) is 0. The quantitative estimate of drug-likeness (QED) is 0.828. The molecule has 1 aliphatic rings. The Labute approximate surface area is 106 Å². The van der Waals surface area contributed by atoms with Gasteiger partial charge in [-0.3, -0.25) is 4.79 Å². The van der Waals surface area contributed by atoms with Crippen molar-refractivity contribution in [2.75, 3.05) is 29.9 Å². The average Bonchev–Trinajstić information content (AvgIpc) is 2.37. The molecule has 1 aliphatic heterocycles. The second-order valence-corrected chi connectivity index (χ2v) is 4.61. The van der Waals surface area contributed by atoms with Gasteiger partial charge >= 0.3 is 0 Å². The van der Waals surface area contributed by atoms with Crippen LogP contribution in [0.25, 0.3) is 0 Å². The summed E-state index contributed by atoms with van der Waals surface area (Å²) in [6.07, 6.45) is 0. The summed E-state index contributed by atoms with van der Waals surface area (Å²) in [6, 6.07) is 7.40. The maximum absolute atomic E-state index is 11.6. The van der Waals surface area contributed by atoms with Gasteiger partial charge in [0, 0.05) is 6.54 Å². The molecule has 5 heteroatoms. The Bertz CT molecular complexity index is 506. The minimum Gasteiger partial charge on any atom is -0.360 e. The average molecular weight is 244 g/mol. The third kappa shape index (κ3) is 2.44. The molecule has 0 bridgehead atoms. The monoisotopic (exact) mass is 244 g/mol. The summed E-state index contributed by atoms with van der Waals surface area (Å²) in [5.41, 5.74) is 7.82. The molecule has 1 aromatic carbocycles. The molecule has 1 unspecified atom stereocenters. The fraction of sp³-hybridized carbons (Fsp3) is 0.385. The zero-order valence-corrected chi connectivity index (χ0v) is 10.3. The van der Waals surface area contributed by atoms with E-state index in [1.54, 1.807) is 12.1 Å². The van der Waals surface area contributed by atoms with Crippen molar-refractivity contribution in [1.82, 2.24) is 0 Å². The highest BCUT2D eigenvalue weighted by Gasteiger charge is 2.23. The number of rotatable bonds is 3. The van der Waals surface area contributed by atoms with Crippen molar-refractivity contribution in [3.8, 4) is 6.07 Å². The third-order valence-electron chi connectivity index (χ3n) is 3.01. The number of nitriles is 1. The zero-order chi connectivity index (χ0) is 13.1. The number of benzene rings is 1. The number of nitrogens with zero attached hydrogens (tertiary/aromatic N) is 2. The number of fused-ring (bicyclic) bond motifs is 1. The largest absolute Gasteiger partial charge is 0.360 e. The van der Waals surface area contributed by atoms with Crippen molar-refractivity contribution in [2.24, 2.45) is 11.7 Å². The SMILES string of the molecule is CC(CN)CN1CC(=O)Nc2cc(C#N)ccc21. The van der Waals surface area contributed by atoms with Crippen molar-refractivity contribution >= 4 is 17.3 Å². The highest BCUT2D eigenvalue weighted by atomic mass is 16.2. The predicted octanol–water partition coefficient (Wildman–Crippen LogP) is 0.912. The maximum atomic E-state index is 11.6. The van der Waals surface area contributed by atoms with Gasteiger partial charge < -0.3 is 16.0 Å². The zero-order valence-electron chi connectivity index (χ0n) is 10.3. The van der Waals surface area contributed by atoms with E-state index in [-0.39, 0.29) is 5.91 Å². The van der Waals surface area contributed by atoms with Crippen LogP contribution in [0.15, 0.2) is 18.2 Å². The van der Waals surface area contributed by atoms with E-state index in [1.165, 1.54) is 0 Å². The normalized spacial score (nSPS) is 15.6. The summed E-state index contributed by atoms with van der Waals surface area (Å²) < 4.78 is 0. The molecule has 1 amide bonds. The van der Waals surface area contributed by atoms with E-state index in [1.807, 2.05) is 11.0 Å². The molecular weight excluding hydrogens is 228 g/mol. The first-order valence-electron chi connectivity index (χ1n) is 5.93. The Morgan fingerprint density at radius 1 is 1.61 bits per heavy atom. The highest BCUT2D eigenvalue weighted by molar-refractivity contribution is 6.01. The molecule has 18 heavy (non-hydrogen) atoms. The molecule has 0 aliphatic carbocycles. The van der Waals surface area contributed by atoms with Gasteiger partial charge in [0.15, 0.2) is 0 Å². The number of carbonyl (C=O) groups is 1. The van der Waals surface area contributed by atoms with Crippen molar-refractivity contribution < 1.29 is 4.79 Å². The van der Waals surface area contributed by atoms with Crippen molar-refractivity contribution in [3.63, 3.8) is 0 Å². The van der Waals surface area contributed by atoms with Crippen LogP contribution in [0.4, 0.5) is 11.4 Å². The molecule has 1 heterocycles. The van der Waals surface area contributed by atoms with Crippen LogP contribution < -0.4 is 16.0 Å². The van der Waals surface area contributed by atoms with E-state index >= 15 is 0 Å². The molecule has 1 aromatic rings. The first-order chi connectivity index (χ1) is 8.63. The van der Waals surface area contributed by atoms with Gasteiger partial charge in [0.1, 0.15) is 0 Å². The summed E-state index contributed by atoms with van der Waals surface area (Å²) in [6.45, 7) is 3.71. The van der Waals surface area contributed by atoms with Gasteiger partial charge in [0.25, 0.3) is 0 Å². The first-order valence-corrected chi connectivity index (χ1v) is 5.93. The van der Waals surface area contributed by atoms with E-state index in [9.17, 15) is 4.79 Å². The smallest absolute Gasteiger partial charge is 0.243 e. The van der Waals surface area contributed by atoms with Crippen molar-refractivity contribution in [1.29, 1.82) is 5.26 Å². The molecule has 94 valence electrons. The van der Waals surface area contributed by atoms with E-state index in [2.05, 4.69) is 18.3 Å². The summed E-state index contributed by atoms with van der Waals surface area (Å²) >= 11 is 0. The molecule has 0 fully saturated rings. The van der Waals surface area contributed by atoms with Crippen molar-refractivity contribution in [2.45, 2.75) is 6.92 Å². The molecule has 0 saturated carbocycles. The Morgan fingerprint density at radius 3 is 3.06 bits per heavy atom. The highest BCUT2D eigenvalue weighted by Crippen LogP contribution is 2.30. The van der Waals surface area contributed by atoms with Gasteiger partial charge in [-0.1, -0.05) is 6.92 Å². The number of hydrogen-bond donors (Lipinski definition) is 2. The molecule has 2 rings (SSSR count). The minimum absolute atomic E-state index is 0.0539. The number of anilines is 2. The Kier molecular flexibility index (Phi) is 3.49. The Morgan fingerprint density at radius 2 is 2.39 bits per heavy atom. The number of hydrogen-bond acceptors (Lipinski definition) is 4. The lowest BCUT2D eigenvalue weighted by Gasteiger charge is -2.32. The standard InChI is InChI=1S/C13H16N4O/c1-9(5-14)7-17-8-13(18)16-11-4-10(6-15)2-3-12(11)17/h2-4,9H,5,7-8,14H2,1H3,(H,16,18). The lowest BCUT2D eigenvalue weighted by molar-refractivity contribution is -0.115. The second kappa shape index (κ2) is 5.07. The Balaban J connectivity index is 2.31. The molecule has 0 aromatic heterocycles. The minimum atomic E-state index is -0.0539. The lowest BCUT2D eigenvalue weighted by Crippen LogP contribution is -2.41. The van der Waals surface area contributed by atoms with Gasteiger partial charge in [-0.05, 0) is 30.7 Å². The van der Waals surface area contributed by atoms with Gasteiger partial charge in [-0.25, -0.2) is 0 Å². The van der Waals surface area contributed by atoms with Gasteiger partial charge in [-0.15, -0.1) is 0 Å². The van der Waals surface area contributed by atoms with Crippen LogP contribution in [0.5, 0.6) is 0 Å². The molecule has 5 nitrogen and oxygen atoms in total. The maximum Gasteiger partial charge on any atom is 0.243 e. The number of nitrogens with one attached hydrogen (secondary N) is 1. The van der Waals surface area contributed by atoms with Crippen LogP contribution in [-0.2, 0) is 4.79 Å². The van der Waals surface area contributed by atoms with Crippen LogP contribution in [0, 0.1) is 17.2 Å². The number of nitrogens with two attached hydrogens (primary N) is 1. The fourth-order valence-corrected chi connectivity index (χ4v) is 2.04.